The molecule has 0 radical (unpaired) electrons. The van der Waals surface area contributed by atoms with Crippen LogP contribution in [0.2, 0.25) is 0 Å². The lowest BCUT2D eigenvalue weighted by Gasteiger charge is -2.28. The minimum atomic E-state index is -0.867. The Hall–Kier alpha value is -3.77. The van der Waals surface area contributed by atoms with E-state index in [0.29, 0.717) is 43.4 Å². The molecule has 2 aromatic rings. The van der Waals surface area contributed by atoms with Crippen LogP contribution < -0.4 is 14.4 Å². The number of nitro benzene ring substituents is 2. The third-order valence-electron chi connectivity index (χ3n) is 5.50. The molecule has 1 saturated heterocycles. The van der Waals surface area contributed by atoms with E-state index in [2.05, 4.69) is 4.90 Å². The SMILES string of the molecule is COc1ccc(N(CCCN2CCOCC2)C(=O)c2ccc([N+](=O)[O-])c([N+](=O)[O-])c2)cc1OC. The van der Waals surface area contributed by atoms with Crippen LogP contribution in [0, 0.1) is 20.2 Å². The highest BCUT2D eigenvalue weighted by atomic mass is 16.6. The molecule has 0 saturated carbocycles. The smallest absolute Gasteiger partial charge is 0.346 e. The number of nitro groups is 2. The van der Waals surface area contributed by atoms with Crippen LogP contribution in [0.25, 0.3) is 0 Å². The number of ether oxygens (including phenoxy) is 3. The highest BCUT2D eigenvalue weighted by molar-refractivity contribution is 6.06. The second-order valence-electron chi connectivity index (χ2n) is 7.52. The van der Waals surface area contributed by atoms with Gasteiger partial charge in [0, 0.05) is 55.6 Å². The van der Waals surface area contributed by atoms with E-state index >= 15 is 0 Å². The Kier molecular flexibility index (Phi) is 8.33. The molecule has 0 spiro atoms. The molecule has 1 aliphatic heterocycles. The second-order valence-corrected chi connectivity index (χ2v) is 7.52. The van der Waals surface area contributed by atoms with Gasteiger partial charge in [-0.3, -0.25) is 29.9 Å². The predicted molar refractivity (Wildman–Crippen MR) is 123 cm³/mol. The molecule has 1 heterocycles. The number of rotatable bonds is 10. The van der Waals surface area contributed by atoms with E-state index in [-0.39, 0.29) is 5.56 Å². The van der Waals surface area contributed by atoms with E-state index in [4.69, 9.17) is 14.2 Å². The summed E-state index contributed by atoms with van der Waals surface area (Å²) in [5.74, 6) is 0.380. The first-order valence-corrected chi connectivity index (χ1v) is 10.6. The van der Waals surface area contributed by atoms with Crippen LogP contribution in [0.3, 0.4) is 0 Å². The van der Waals surface area contributed by atoms with Gasteiger partial charge in [-0.1, -0.05) is 0 Å². The van der Waals surface area contributed by atoms with Gasteiger partial charge in [0.1, 0.15) is 0 Å². The molecule has 2 aromatic carbocycles. The van der Waals surface area contributed by atoms with Gasteiger partial charge >= 0.3 is 11.4 Å². The summed E-state index contributed by atoms with van der Waals surface area (Å²) in [5.41, 5.74) is -0.938. The third-order valence-corrected chi connectivity index (χ3v) is 5.50. The Balaban J connectivity index is 1.92. The van der Waals surface area contributed by atoms with Crippen molar-refractivity contribution >= 4 is 23.0 Å². The number of amides is 1. The zero-order valence-electron chi connectivity index (χ0n) is 19.0. The van der Waals surface area contributed by atoms with E-state index < -0.39 is 27.1 Å². The van der Waals surface area contributed by atoms with Crippen molar-refractivity contribution in [1.29, 1.82) is 0 Å². The topological polar surface area (TPSA) is 138 Å². The maximum absolute atomic E-state index is 13.5. The summed E-state index contributed by atoms with van der Waals surface area (Å²) in [6.45, 7) is 3.98. The molecule has 1 fully saturated rings. The predicted octanol–water partition coefficient (Wildman–Crippen LogP) is 2.89. The number of carbonyl (C=O) groups excluding carboxylic acids is 1. The summed E-state index contributed by atoms with van der Waals surface area (Å²) in [6, 6.07) is 8.14. The standard InChI is InChI=1S/C22H26N4O8/c1-32-20-7-5-17(15-21(20)33-2)24(9-3-8-23-10-12-34-13-11-23)22(27)16-4-6-18(25(28)29)19(14-16)26(30)31/h4-7,14-15H,3,8-13H2,1-2H3. The molecule has 1 amide bonds. The fourth-order valence-electron chi connectivity index (χ4n) is 3.73. The molecule has 0 aliphatic carbocycles. The zero-order valence-corrected chi connectivity index (χ0v) is 19.0. The van der Waals surface area contributed by atoms with E-state index in [1.165, 1.54) is 25.2 Å². The maximum Gasteiger partial charge on any atom is 0.346 e. The number of benzene rings is 2. The molecule has 12 nitrogen and oxygen atoms in total. The van der Waals surface area contributed by atoms with Crippen molar-refractivity contribution in [2.75, 3.05) is 58.5 Å². The molecule has 0 N–H and O–H groups in total. The number of nitrogens with zero attached hydrogens (tertiary/aromatic N) is 4. The van der Waals surface area contributed by atoms with Gasteiger partial charge in [-0.15, -0.1) is 0 Å². The lowest BCUT2D eigenvalue weighted by atomic mass is 10.1. The van der Waals surface area contributed by atoms with Crippen molar-refractivity contribution < 1.29 is 28.9 Å². The van der Waals surface area contributed by atoms with E-state index in [1.54, 1.807) is 18.2 Å². The van der Waals surface area contributed by atoms with E-state index in [0.717, 1.165) is 31.8 Å². The van der Waals surface area contributed by atoms with Gasteiger partial charge in [0.05, 0.1) is 37.3 Å². The van der Waals surface area contributed by atoms with Gasteiger partial charge in [0.2, 0.25) is 0 Å². The van der Waals surface area contributed by atoms with Crippen molar-refractivity contribution in [3.8, 4) is 11.5 Å². The van der Waals surface area contributed by atoms with Crippen LogP contribution in [-0.2, 0) is 4.74 Å². The minimum absolute atomic E-state index is 0.0292. The first-order valence-electron chi connectivity index (χ1n) is 10.6. The number of hydrogen-bond donors (Lipinski definition) is 0. The molecule has 0 unspecified atom stereocenters. The largest absolute Gasteiger partial charge is 0.493 e. The van der Waals surface area contributed by atoms with Crippen LogP contribution in [0.4, 0.5) is 17.1 Å². The molecule has 34 heavy (non-hydrogen) atoms. The van der Waals surface area contributed by atoms with E-state index in [1.807, 2.05) is 0 Å². The Bertz CT molecular complexity index is 1060. The number of morpholine rings is 1. The van der Waals surface area contributed by atoms with Gasteiger partial charge < -0.3 is 19.1 Å². The van der Waals surface area contributed by atoms with Gasteiger partial charge in [0.25, 0.3) is 5.91 Å². The molecule has 0 aromatic heterocycles. The van der Waals surface area contributed by atoms with E-state index in [9.17, 15) is 25.0 Å². The third kappa shape index (κ3) is 5.77. The quantitative estimate of drug-likeness (QED) is 0.376. The van der Waals surface area contributed by atoms with Gasteiger partial charge in [-0.2, -0.15) is 0 Å². The molecular weight excluding hydrogens is 448 g/mol. The Morgan fingerprint density at radius 2 is 1.68 bits per heavy atom. The summed E-state index contributed by atoms with van der Waals surface area (Å²) in [4.78, 5) is 38.0. The number of anilines is 1. The highest BCUT2D eigenvalue weighted by Crippen LogP contribution is 2.33. The number of carbonyl (C=O) groups is 1. The van der Waals surface area contributed by atoms with Gasteiger partial charge in [-0.05, 0) is 24.6 Å². The first-order chi connectivity index (χ1) is 16.3. The first kappa shape index (κ1) is 24.9. The molecule has 1 aliphatic rings. The van der Waals surface area contributed by atoms with Crippen LogP contribution in [0.5, 0.6) is 11.5 Å². The molecular formula is C22H26N4O8. The average molecular weight is 474 g/mol. The zero-order chi connectivity index (χ0) is 24.7. The van der Waals surface area contributed by atoms with Gasteiger partial charge in [0.15, 0.2) is 11.5 Å². The van der Waals surface area contributed by atoms with Crippen molar-refractivity contribution in [2.45, 2.75) is 6.42 Å². The maximum atomic E-state index is 13.5. The number of hydrogen-bond acceptors (Lipinski definition) is 9. The summed E-state index contributed by atoms with van der Waals surface area (Å²) in [5, 5.41) is 22.5. The molecule has 0 atom stereocenters. The van der Waals surface area contributed by atoms with Gasteiger partial charge in [-0.25, -0.2) is 0 Å². The van der Waals surface area contributed by atoms with Crippen molar-refractivity contribution in [3.05, 3.63) is 62.2 Å². The summed E-state index contributed by atoms with van der Waals surface area (Å²) >= 11 is 0. The normalized spacial score (nSPS) is 13.8. The average Bonchev–Trinajstić information content (AvgIpc) is 2.86. The van der Waals surface area contributed by atoms with Crippen LogP contribution >= 0.6 is 0 Å². The molecule has 182 valence electrons. The molecule has 3 rings (SSSR count). The second kappa shape index (κ2) is 11.4. The number of methoxy groups -OCH3 is 2. The minimum Gasteiger partial charge on any atom is -0.493 e. The highest BCUT2D eigenvalue weighted by Gasteiger charge is 2.28. The van der Waals surface area contributed by atoms with Crippen molar-refractivity contribution in [3.63, 3.8) is 0 Å². The Morgan fingerprint density at radius 1 is 1.00 bits per heavy atom. The summed E-state index contributed by atoms with van der Waals surface area (Å²) < 4.78 is 16.0. The van der Waals surface area contributed by atoms with Crippen LogP contribution in [-0.4, -0.2) is 74.3 Å². The van der Waals surface area contributed by atoms with Crippen molar-refractivity contribution in [2.24, 2.45) is 0 Å². The van der Waals surface area contributed by atoms with Crippen LogP contribution in [0.1, 0.15) is 16.8 Å². The van der Waals surface area contributed by atoms with Crippen molar-refractivity contribution in [1.82, 2.24) is 4.90 Å². The fourth-order valence-corrected chi connectivity index (χ4v) is 3.73. The summed E-state index contributed by atoms with van der Waals surface area (Å²) in [7, 11) is 2.98. The monoisotopic (exact) mass is 474 g/mol. The summed E-state index contributed by atoms with van der Waals surface area (Å²) in [6.07, 6.45) is 0.634. The Labute approximate surface area is 195 Å². The Morgan fingerprint density at radius 3 is 2.29 bits per heavy atom. The molecule has 12 heteroatoms. The van der Waals surface area contributed by atoms with Crippen LogP contribution in [0.15, 0.2) is 36.4 Å². The molecule has 0 bridgehead atoms. The fraction of sp³-hybridized carbons (Fsp3) is 0.409. The lowest BCUT2D eigenvalue weighted by molar-refractivity contribution is -0.422. The lowest BCUT2D eigenvalue weighted by Crippen LogP contribution is -2.39.